The Morgan fingerprint density at radius 2 is 0.576 bits per heavy atom. The fourth-order valence-corrected chi connectivity index (χ4v) is 20.5. The van der Waals surface area contributed by atoms with Crippen molar-refractivity contribution in [2.45, 2.75) is 38.5 Å². The Bertz CT molecular complexity index is 7330. The molecule has 20 aromatic rings. The summed E-state index contributed by atoms with van der Waals surface area (Å²) in [5, 5.41) is 4.76. The second-order valence-electron chi connectivity index (χ2n) is 32.5. The van der Waals surface area contributed by atoms with Gasteiger partial charge in [-0.05, 0) is 225 Å². The average Bonchev–Trinajstić information content (AvgIpc) is 1.54. The second-order valence-corrected chi connectivity index (χ2v) is 33.6. The van der Waals surface area contributed by atoms with Gasteiger partial charge in [0.05, 0.1) is 11.4 Å². The Balaban J connectivity index is 0.615. The van der Waals surface area contributed by atoms with Gasteiger partial charge >= 0.3 is 0 Å². The maximum absolute atomic E-state index is 6.43. The first-order valence-electron chi connectivity index (χ1n) is 40.9. The molecule has 0 saturated heterocycles. The molecule has 0 radical (unpaired) electrons. The number of fused-ring (bicyclic) bond motifs is 12. The number of hydrogen-bond donors (Lipinski definition) is 0. The van der Waals surface area contributed by atoms with Gasteiger partial charge in [0.2, 0.25) is 0 Å². The lowest BCUT2D eigenvalue weighted by Crippen LogP contribution is -2.17. The maximum Gasteiger partial charge on any atom is 0.136 e. The first kappa shape index (κ1) is 70.2. The molecule has 0 N–H and O–H groups in total. The Labute approximate surface area is 692 Å². The number of para-hydroxylation sites is 1. The Morgan fingerprint density at radius 3 is 1.12 bits per heavy atom. The van der Waals surface area contributed by atoms with Crippen molar-refractivity contribution in [2.75, 3.05) is 9.80 Å². The molecule has 0 bridgehead atoms. The van der Waals surface area contributed by atoms with Crippen molar-refractivity contribution in [1.82, 2.24) is 0 Å². The highest BCUT2D eigenvalue weighted by molar-refractivity contribution is 7.25. The highest BCUT2D eigenvalue weighted by atomic mass is 32.1. The summed E-state index contributed by atoms with van der Waals surface area (Å²) in [6, 6.07) is 153. The van der Waals surface area contributed by atoms with Crippen LogP contribution in [-0.2, 0) is 10.8 Å². The lowest BCUT2D eigenvalue weighted by Gasteiger charge is -2.31. The van der Waals surface area contributed by atoms with Crippen LogP contribution in [0.1, 0.15) is 49.9 Å². The van der Waals surface area contributed by atoms with E-state index in [4.69, 9.17) is 4.42 Å². The predicted octanol–water partition coefficient (Wildman–Crippen LogP) is 32.5. The standard InChI is InChI=1S/C114H80N2OS/c1-113(2)100-43-21-18-35-91(100)93-66-63-84(71-102(93)113)115(104-45-24-40-88(76-29-10-6-11-30-76)110(104)96-37-16-14-33-86(96)75-27-8-5-9-28-75)82-59-53-74(54-60-82)80-58-68-108-99(69-80)95-65-57-81(70-109(95)118-108)73-49-51-78(52-50-73)87-34-15-17-38-97(87)111-89(77-31-12-7-13-32-77)41-25-46-105(111)116(85-64-67-94-92-36-19-22-44-101(92)114(3,4)103(94)72-85)83-61-55-79(56-62-83)90-42-26-48-107-112(90)98-39-20-23-47-106(98)117-107/h5-72H,1-4H3. The van der Waals surface area contributed by atoms with Gasteiger partial charge in [-0.25, -0.2) is 0 Å². The zero-order valence-corrected chi connectivity index (χ0v) is 66.8. The van der Waals surface area contributed by atoms with E-state index in [1.807, 2.05) is 17.4 Å². The third kappa shape index (κ3) is 11.7. The molecule has 0 unspecified atom stereocenters. The van der Waals surface area contributed by atoms with Crippen molar-refractivity contribution in [2.24, 2.45) is 0 Å². The predicted molar refractivity (Wildman–Crippen MR) is 500 cm³/mol. The van der Waals surface area contributed by atoms with Crippen molar-refractivity contribution in [3.8, 4) is 122 Å². The molecule has 0 spiro atoms. The van der Waals surface area contributed by atoms with E-state index in [0.717, 1.165) is 106 Å². The van der Waals surface area contributed by atoms with Gasteiger partial charge in [0.1, 0.15) is 11.2 Å². The number of rotatable bonds is 15. The summed E-state index contributed by atoms with van der Waals surface area (Å²) in [7, 11) is 0. The molecule has 18 aromatic carbocycles. The van der Waals surface area contributed by atoms with Crippen LogP contribution in [0.15, 0.2) is 417 Å². The number of benzene rings is 18. The van der Waals surface area contributed by atoms with Gasteiger partial charge in [0.25, 0.3) is 0 Å². The molecule has 2 aromatic heterocycles. The molecule has 3 nitrogen and oxygen atoms in total. The summed E-state index contributed by atoms with van der Waals surface area (Å²) in [5.74, 6) is 0. The molecule has 22 rings (SSSR count). The van der Waals surface area contributed by atoms with Gasteiger partial charge in [-0.15, -0.1) is 11.3 Å². The van der Waals surface area contributed by atoms with E-state index in [-0.39, 0.29) is 10.8 Å². The molecule has 0 fully saturated rings. The van der Waals surface area contributed by atoms with Crippen LogP contribution in [0.3, 0.4) is 0 Å². The fraction of sp³-hybridized carbons (Fsp3) is 0.0526. The van der Waals surface area contributed by atoms with Crippen LogP contribution >= 0.6 is 11.3 Å². The molecule has 0 atom stereocenters. The van der Waals surface area contributed by atoms with Crippen LogP contribution in [-0.4, -0.2) is 0 Å². The molecule has 4 heteroatoms. The third-order valence-electron chi connectivity index (χ3n) is 25.2. The zero-order valence-electron chi connectivity index (χ0n) is 66.0. The van der Waals surface area contributed by atoms with Crippen LogP contribution < -0.4 is 9.80 Å². The summed E-state index contributed by atoms with van der Waals surface area (Å²) in [6.07, 6.45) is 0. The molecule has 2 heterocycles. The van der Waals surface area contributed by atoms with E-state index < -0.39 is 0 Å². The third-order valence-corrected chi connectivity index (χ3v) is 26.3. The first-order valence-corrected chi connectivity index (χ1v) is 41.7. The summed E-state index contributed by atoms with van der Waals surface area (Å²) in [6.45, 7) is 9.50. The first-order chi connectivity index (χ1) is 58.0. The minimum absolute atomic E-state index is 0.197. The highest BCUT2D eigenvalue weighted by Gasteiger charge is 2.38. The van der Waals surface area contributed by atoms with E-state index in [1.54, 1.807) is 0 Å². The summed E-state index contributed by atoms with van der Waals surface area (Å²) in [4.78, 5) is 5.01. The number of furan rings is 1. The number of nitrogens with zero attached hydrogens (tertiary/aromatic N) is 2. The van der Waals surface area contributed by atoms with Crippen molar-refractivity contribution in [3.05, 3.63) is 435 Å². The van der Waals surface area contributed by atoms with Gasteiger partial charge in [0.15, 0.2) is 0 Å². The SMILES string of the molecule is CC1(C)c2ccccc2-c2ccc(N(c3ccc(-c4ccc5sc6cc(-c7ccc(-c8ccccc8-c8c(-c9ccccc9)cccc8N(c8ccc(-c9cccc%10oc%11ccccc%11c9%10)cc8)c8ccc9c(c8)C(C)(C)c8ccccc8-9)cc7)ccc6c5c4)cc3)c3cccc(-c4ccccc4)c3-c3ccccc3-c3ccccc3)cc21. The summed E-state index contributed by atoms with van der Waals surface area (Å²) in [5.41, 5.74) is 39.3. The minimum atomic E-state index is -0.216. The fourth-order valence-electron chi connectivity index (χ4n) is 19.4. The topological polar surface area (TPSA) is 19.6 Å². The van der Waals surface area contributed by atoms with Gasteiger partial charge in [-0.1, -0.05) is 349 Å². The monoisotopic (exact) mass is 1520 g/mol. The zero-order chi connectivity index (χ0) is 78.7. The molecule has 2 aliphatic rings. The number of hydrogen-bond acceptors (Lipinski definition) is 4. The molecule has 558 valence electrons. The molecule has 118 heavy (non-hydrogen) atoms. The van der Waals surface area contributed by atoms with Crippen molar-refractivity contribution in [1.29, 1.82) is 0 Å². The van der Waals surface area contributed by atoms with Gasteiger partial charge in [0, 0.05) is 75.7 Å². The Morgan fingerprint density at radius 1 is 0.212 bits per heavy atom. The van der Waals surface area contributed by atoms with Crippen LogP contribution in [0.25, 0.3) is 165 Å². The molecule has 0 saturated carbocycles. The van der Waals surface area contributed by atoms with E-state index in [2.05, 4.69) is 444 Å². The molecular formula is C114H80N2OS. The van der Waals surface area contributed by atoms with Crippen molar-refractivity contribution in [3.63, 3.8) is 0 Å². The maximum atomic E-state index is 6.43. The Kier molecular flexibility index (Phi) is 16.8. The van der Waals surface area contributed by atoms with Crippen molar-refractivity contribution < 1.29 is 4.42 Å². The molecule has 2 aliphatic carbocycles. The molecule has 0 aliphatic heterocycles. The van der Waals surface area contributed by atoms with Gasteiger partial charge in [-0.2, -0.15) is 0 Å². The quantitative estimate of drug-likeness (QED) is 0.102. The summed E-state index contributed by atoms with van der Waals surface area (Å²) < 4.78 is 8.96. The largest absolute Gasteiger partial charge is 0.456 e. The van der Waals surface area contributed by atoms with Gasteiger partial charge < -0.3 is 14.2 Å². The average molecular weight is 1530 g/mol. The summed E-state index contributed by atoms with van der Waals surface area (Å²) >= 11 is 1.87. The number of thiophene rings is 1. The van der Waals surface area contributed by atoms with E-state index >= 15 is 0 Å². The highest BCUT2D eigenvalue weighted by Crippen LogP contribution is 2.57. The minimum Gasteiger partial charge on any atom is -0.456 e. The normalized spacial score (nSPS) is 12.9. The van der Waals surface area contributed by atoms with Crippen molar-refractivity contribution >= 4 is 87.6 Å². The second kappa shape index (κ2) is 28.2. The van der Waals surface area contributed by atoms with Crippen LogP contribution in [0.4, 0.5) is 34.1 Å². The number of anilines is 6. The Hall–Kier alpha value is -14.4. The van der Waals surface area contributed by atoms with Crippen LogP contribution in [0.2, 0.25) is 0 Å². The smallest absolute Gasteiger partial charge is 0.136 e. The van der Waals surface area contributed by atoms with E-state index in [1.165, 1.54) is 115 Å². The van der Waals surface area contributed by atoms with E-state index in [9.17, 15) is 0 Å². The molecular weight excluding hydrogens is 1450 g/mol. The van der Waals surface area contributed by atoms with E-state index in [0.29, 0.717) is 0 Å². The lowest BCUT2D eigenvalue weighted by molar-refractivity contribution is 0.660. The van der Waals surface area contributed by atoms with Gasteiger partial charge in [-0.3, -0.25) is 0 Å². The van der Waals surface area contributed by atoms with Crippen LogP contribution in [0, 0.1) is 0 Å². The lowest BCUT2D eigenvalue weighted by atomic mass is 9.82. The molecule has 0 amide bonds. The van der Waals surface area contributed by atoms with Crippen LogP contribution in [0.5, 0.6) is 0 Å².